The molecule has 0 unspecified atom stereocenters. The van der Waals surface area contributed by atoms with Gasteiger partial charge in [0.05, 0.1) is 12.2 Å². The van der Waals surface area contributed by atoms with Crippen LogP contribution < -0.4 is 5.32 Å². The van der Waals surface area contributed by atoms with Gasteiger partial charge in [-0.15, -0.1) is 0 Å². The van der Waals surface area contributed by atoms with Crippen LogP contribution in [0.4, 0.5) is 5.69 Å². The summed E-state index contributed by atoms with van der Waals surface area (Å²) in [5.41, 5.74) is 2.10. The van der Waals surface area contributed by atoms with Crippen LogP contribution in [-0.2, 0) is 11.3 Å². The van der Waals surface area contributed by atoms with Crippen LogP contribution in [0.5, 0.6) is 0 Å². The van der Waals surface area contributed by atoms with E-state index in [1.807, 2.05) is 17.9 Å². The predicted molar refractivity (Wildman–Crippen MR) is 93.2 cm³/mol. The second-order valence-electron chi connectivity index (χ2n) is 6.26. The standard InChI is InChI=1S/C18H22N4O3/c1-13-10-17(25-20-13)12-21-6-8-22(9-7-21)18(24)15-4-3-5-16(11-15)19-14(2)23/h3-5,10-11H,6-9,12H2,1-2H3,(H,19,23). The summed E-state index contributed by atoms with van der Waals surface area (Å²) in [6.45, 7) is 6.96. The highest BCUT2D eigenvalue weighted by molar-refractivity contribution is 5.96. The van der Waals surface area contributed by atoms with Crippen molar-refractivity contribution in [2.45, 2.75) is 20.4 Å². The van der Waals surface area contributed by atoms with Gasteiger partial charge >= 0.3 is 0 Å². The highest BCUT2D eigenvalue weighted by Crippen LogP contribution is 2.15. The van der Waals surface area contributed by atoms with Crippen LogP contribution in [0.25, 0.3) is 0 Å². The van der Waals surface area contributed by atoms with Crippen molar-refractivity contribution in [2.24, 2.45) is 0 Å². The largest absolute Gasteiger partial charge is 0.360 e. The molecule has 0 atom stereocenters. The van der Waals surface area contributed by atoms with Gasteiger partial charge in [0, 0.05) is 50.4 Å². The van der Waals surface area contributed by atoms with Crippen LogP contribution in [0.1, 0.15) is 28.7 Å². The first kappa shape index (κ1) is 17.2. The lowest BCUT2D eigenvalue weighted by Gasteiger charge is -2.34. The fourth-order valence-corrected chi connectivity index (χ4v) is 2.94. The lowest BCUT2D eigenvalue weighted by molar-refractivity contribution is -0.114. The predicted octanol–water partition coefficient (Wildman–Crippen LogP) is 1.90. The Bertz CT molecular complexity index is 763. The van der Waals surface area contributed by atoms with Gasteiger partial charge in [-0.2, -0.15) is 0 Å². The van der Waals surface area contributed by atoms with E-state index in [0.29, 0.717) is 30.9 Å². The number of hydrogen-bond donors (Lipinski definition) is 1. The Kier molecular flexibility index (Phi) is 5.14. The van der Waals surface area contributed by atoms with Crippen molar-refractivity contribution in [3.63, 3.8) is 0 Å². The summed E-state index contributed by atoms with van der Waals surface area (Å²) >= 11 is 0. The topological polar surface area (TPSA) is 78.7 Å². The maximum atomic E-state index is 12.7. The number of nitrogens with zero attached hydrogens (tertiary/aromatic N) is 3. The summed E-state index contributed by atoms with van der Waals surface area (Å²) in [6.07, 6.45) is 0. The van der Waals surface area contributed by atoms with Crippen LogP contribution in [0.3, 0.4) is 0 Å². The van der Waals surface area contributed by atoms with Crippen molar-refractivity contribution >= 4 is 17.5 Å². The molecule has 1 N–H and O–H groups in total. The quantitative estimate of drug-likeness (QED) is 0.918. The number of nitrogens with one attached hydrogen (secondary N) is 1. The molecule has 2 amide bonds. The summed E-state index contributed by atoms with van der Waals surface area (Å²) in [5, 5.41) is 6.60. The lowest BCUT2D eigenvalue weighted by atomic mass is 10.1. The molecule has 1 saturated heterocycles. The number of amides is 2. The molecule has 0 saturated carbocycles. The molecule has 7 heteroatoms. The van der Waals surface area contributed by atoms with Crippen molar-refractivity contribution in [2.75, 3.05) is 31.5 Å². The first-order valence-corrected chi connectivity index (χ1v) is 8.33. The van der Waals surface area contributed by atoms with Gasteiger partial charge in [-0.25, -0.2) is 0 Å². The van der Waals surface area contributed by atoms with Gasteiger partial charge in [-0.05, 0) is 25.1 Å². The maximum Gasteiger partial charge on any atom is 0.254 e. The Morgan fingerprint density at radius 1 is 1.20 bits per heavy atom. The summed E-state index contributed by atoms with van der Waals surface area (Å²) in [4.78, 5) is 27.9. The van der Waals surface area contributed by atoms with Crippen LogP contribution in [0.15, 0.2) is 34.9 Å². The summed E-state index contributed by atoms with van der Waals surface area (Å²) in [5.74, 6) is 0.684. The van der Waals surface area contributed by atoms with Gasteiger partial charge in [-0.1, -0.05) is 11.2 Å². The number of aryl methyl sites for hydroxylation is 1. The molecule has 1 aliphatic rings. The molecule has 7 nitrogen and oxygen atoms in total. The highest BCUT2D eigenvalue weighted by Gasteiger charge is 2.23. The SMILES string of the molecule is CC(=O)Nc1cccc(C(=O)N2CCN(Cc3cc(C)no3)CC2)c1. The zero-order valence-electron chi connectivity index (χ0n) is 14.5. The zero-order chi connectivity index (χ0) is 17.8. The van der Waals surface area contributed by atoms with E-state index in [1.54, 1.807) is 24.3 Å². The van der Waals surface area contributed by atoms with E-state index in [4.69, 9.17) is 4.52 Å². The molecule has 1 aromatic carbocycles. The number of aromatic nitrogens is 1. The van der Waals surface area contributed by atoms with E-state index < -0.39 is 0 Å². The Morgan fingerprint density at radius 3 is 2.60 bits per heavy atom. The van der Waals surface area contributed by atoms with Crippen LogP contribution in [0.2, 0.25) is 0 Å². The fourth-order valence-electron chi connectivity index (χ4n) is 2.94. The van der Waals surface area contributed by atoms with Crippen molar-refractivity contribution in [1.82, 2.24) is 15.0 Å². The van der Waals surface area contributed by atoms with E-state index in [0.717, 1.165) is 24.5 Å². The fraction of sp³-hybridized carbons (Fsp3) is 0.389. The van der Waals surface area contributed by atoms with Crippen molar-refractivity contribution in [1.29, 1.82) is 0 Å². The smallest absolute Gasteiger partial charge is 0.254 e. The number of hydrogen-bond acceptors (Lipinski definition) is 5. The molecular weight excluding hydrogens is 320 g/mol. The van der Waals surface area contributed by atoms with Gasteiger partial charge in [0.25, 0.3) is 5.91 Å². The summed E-state index contributed by atoms with van der Waals surface area (Å²) in [7, 11) is 0. The monoisotopic (exact) mass is 342 g/mol. The first-order chi connectivity index (χ1) is 12.0. The Labute approximate surface area is 146 Å². The Hall–Kier alpha value is -2.67. The second-order valence-corrected chi connectivity index (χ2v) is 6.26. The van der Waals surface area contributed by atoms with Crippen molar-refractivity contribution < 1.29 is 14.1 Å². The minimum atomic E-state index is -0.152. The van der Waals surface area contributed by atoms with Crippen LogP contribution in [-0.4, -0.2) is 52.9 Å². The molecule has 2 heterocycles. The highest BCUT2D eigenvalue weighted by atomic mass is 16.5. The average Bonchev–Trinajstić information content (AvgIpc) is 2.99. The lowest BCUT2D eigenvalue weighted by Crippen LogP contribution is -2.48. The number of carbonyl (C=O) groups is 2. The molecule has 25 heavy (non-hydrogen) atoms. The van der Waals surface area contributed by atoms with Crippen LogP contribution in [0, 0.1) is 6.92 Å². The molecule has 0 aliphatic carbocycles. The summed E-state index contributed by atoms with van der Waals surface area (Å²) < 4.78 is 5.25. The minimum Gasteiger partial charge on any atom is -0.360 e. The van der Waals surface area contributed by atoms with E-state index in [1.165, 1.54) is 6.92 Å². The minimum absolute atomic E-state index is 0.0117. The first-order valence-electron chi connectivity index (χ1n) is 8.33. The number of carbonyl (C=O) groups excluding carboxylic acids is 2. The molecule has 1 fully saturated rings. The average molecular weight is 342 g/mol. The van der Waals surface area contributed by atoms with Crippen molar-refractivity contribution in [3.8, 4) is 0 Å². The molecule has 132 valence electrons. The van der Waals surface area contributed by atoms with E-state index in [9.17, 15) is 9.59 Å². The Balaban J connectivity index is 1.57. The third-order valence-electron chi connectivity index (χ3n) is 4.15. The number of piperazine rings is 1. The van der Waals surface area contributed by atoms with E-state index in [-0.39, 0.29) is 11.8 Å². The molecule has 0 radical (unpaired) electrons. The number of rotatable bonds is 4. The van der Waals surface area contributed by atoms with Gasteiger partial charge in [0.1, 0.15) is 0 Å². The van der Waals surface area contributed by atoms with Crippen molar-refractivity contribution in [3.05, 3.63) is 47.3 Å². The van der Waals surface area contributed by atoms with E-state index in [2.05, 4.69) is 15.4 Å². The molecule has 0 bridgehead atoms. The van der Waals surface area contributed by atoms with Crippen LogP contribution >= 0.6 is 0 Å². The summed E-state index contributed by atoms with van der Waals surface area (Å²) in [6, 6.07) is 8.98. The zero-order valence-corrected chi connectivity index (χ0v) is 14.5. The van der Waals surface area contributed by atoms with Gasteiger partial charge < -0.3 is 14.7 Å². The number of anilines is 1. The molecule has 3 rings (SSSR count). The van der Waals surface area contributed by atoms with E-state index >= 15 is 0 Å². The van der Waals surface area contributed by atoms with Gasteiger partial charge in [0.2, 0.25) is 5.91 Å². The second kappa shape index (κ2) is 7.48. The molecule has 2 aromatic rings. The van der Waals surface area contributed by atoms with Gasteiger partial charge in [-0.3, -0.25) is 14.5 Å². The molecule has 1 aromatic heterocycles. The van der Waals surface area contributed by atoms with Gasteiger partial charge in [0.15, 0.2) is 5.76 Å². The Morgan fingerprint density at radius 2 is 1.96 bits per heavy atom. The third-order valence-corrected chi connectivity index (χ3v) is 4.15. The molecular formula is C18H22N4O3. The molecule has 1 aliphatic heterocycles. The third kappa shape index (κ3) is 4.45. The molecule has 0 spiro atoms. The normalized spacial score (nSPS) is 15.2. The number of benzene rings is 1. The maximum absolute atomic E-state index is 12.7.